The van der Waals surface area contributed by atoms with Gasteiger partial charge in [-0.05, 0) is 24.8 Å². The van der Waals surface area contributed by atoms with E-state index in [4.69, 9.17) is 0 Å². The first-order valence-corrected chi connectivity index (χ1v) is 7.61. The van der Waals surface area contributed by atoms with Crippen molar-refractivity contribution >= 4 is 0 Å². The van der Waals surface area contributed by atoms with E-state index in [-0.39, 0.29) is 0 Å². The fourth-order valence-electron chi connectivity index (χ4n) is 4.68. The molecule has 0 bridgehead atoms. The van der Waals surface area contributed by atoms with E-state index >= 15 is 0 Å². The Balaban J connectivity index is 1.81. The van der Waals surface area contributed by atoms with E-state index < -0.39 is 0 Å². The molecule has 0 unspecified atom stereocenters. The molecule has 96 valence electrons. The average Bonchev–Trinajstić information content (AvgIpc) is 2.98. The van der Waals surface area contributed by atoms with Gasteiger partial charge in [-0.25, -0.2) is 0 Å². The molecule has 1 aromatic heterocycles. The van der Waals surface area contributed by atoms with Crippen molar-refractivity contribution < 1.29 is 4.68 Å². The molecule has 3 heterocycles. The number of nitrogens with zero attached hydrogens (tertiary/aromatic N) is 2. The summed E-state index contributed by atoms with van der Waals surface area (Å²) < 4.78 is 4.93. The fourth-order valence-corrected chi connectivity index (χ4v) is 4.68. The maximum atomic E-state index is 2.53. The zero-order chi connectivity index (χ0) is 12.4. The van der Waals surface area contributed by atoms with Crippen molar-refractivity contribution in [3.63, 3.8) is 0 Å². The molecule has 0 saturated heterocycles. The highest BCUT2D eigenvalue weighted by Gasteiger charge is 2.46. The van der Waals surface area contributed by atoms with Gasteiger partial charge in [0.1, 0.15) is 5.69 Å². The summed E-state index contributed by atoms with van der Waals surface area (Å²) in [5.74, 6) is 0. The van der Waals surface area contributed by atoms with E-state index in [1.807, 2.05) is 0 Å². The van der Waals surface area contributed by atoms with Crippen LogP contribution in [0, 0.1) is 0 Å². The summed E-state index contributed by atoms with van der Waals surface area (Å²) in [5.41, 5.74) is 6.60. The van der Waals surface area contributed by atoms with Gasteiger partial charge in [-0.1, -0.05) is 37.5 Å². The molecule has 2 heteroatoms. The van der Waals surface area contributed by atoms with Crippen molar-refractivity contribution in [3.8, 4) is 5.69 Å². The second-order valence-corrected chi connectivity index (χ2v) is 6.55. The molecule has 2 aromatic rings. The van der Waals surface area contributed by atoms with Crippen LogP contribution >= 0.6 is 0 Å². The molecule has 2 aliphatic heterocycles. The van der Waals surface area contributed by atoms with E-state index in [9.17, 15) is 0 Å². The predicted molar refractivity (Wildman–Crippen MR) is 73.5 cm³/mol. The highest BCUT2D eigenvalue weighted by Crippen LogP contribution is 2.47. The van der Waals surface area contributed by atoms with Gasteiger partial charge in [0.2, 0.25) is 0 Å². The summed E-state index contributed by atoms with van der Waals surface area (Å²) in [7, 11) is 0. The number of aromatic nitrogens is 2. The second-order valence-electron chi connectivity index (χ2n) is 6.55. The van der Waals surface area contributed by atoms with Gasteiger partial charge in [0, 0.05) is 17.0 Å². The number of fused-ring (bicyclic) bond motifs is 1. The van der Waals surface area contributed by atoms with Crippen molar-refractivity contribution in [1.82, 2.24) is 4.68 Å². The Hall–Kier alpha value is -1.57. The van der Waals surface area contributed by atoms with Gasteiger partial charge in [-0.15, -0.1) is 9.36 Å². The average molecular weight is 251 g/mol. The van der Waals surface area contributed by atoms with E-state index in [0.717, 1.165) is 6.54 Å². The highest BCUT2D eigenvalue weighted by molar-refractivity contribution is 5.53. The van der Waals surface area contributed by atoms with E-state index in [2.05, 4.69) is 39.8 Å². The minimum atomic E-state index is 0.430. The largest absolute Gasteiger partial charge is 0.200 e. The maximum Gasteiger partial charge on any atom is 0.200 e. The zero-order valence-electron chi connectivity index (χ0n) is 11.2. The van der Waals surface area contributed by atoms with Crippen LogP contribution < -0.4 is 4.68 Å². The number of para-hydroxylation sites is 1. The van der Waals surface area contributed by atoms with Gasteiger partial charge in [-0.2, -0.15) is 0 Å². The third kappa shape index (κ3) is 1.15. The Morgan fingerprint density at radius 1 is 1.00 bits per heavy atom. The first kappa shape index (κ1) is 10.2. The smallest absolute Gasteiger partial charge is 0.124 e. The van der Waals surface area contributed by atoms with Crippen LogP contribution in [0.1, 0.15) is 48.9 Å². The fraction of sp³-hybridized carbons (Fsp3) is 0.471. The summed E-state index contributed by atoms with van der Waals surface area (Å²) in [4.78, 5) is 0. The van der Waals surface area contributed by atoms with Gasteiger partial charge in [-0.3, -0.25) is 0 Å². The van der Waals surface area contributed by atoms with E-state index in [1.165, 1.54) is 49.8 Å². The van der Waals surface area contributed by atoms with Crippen LogP contribution in [-0.4, -0.2) is 4.68 Å². The molecule has 19 heavy (non-hydrogen) atoms. The topological polar surface area (TPSA) is 8.81 Å². The number of hydrogen-bond donors (Lipinski definition) is 0. The molecule has 1 fully saturated rings. The van der Waals surface area contributed by atoms with Gasteiger partial charge >= 0.3 is 0 Å². The van der Waals surface area contributed by atoms with E-state index in [0.29, 0.717) is 5.41 Å². The molecule has 2 nitrogen and oxygen atoms in total. The number of rotatable bonds is 0. The van der Waals surface area contributed by atoms with Gasteiger partial charge in [0.15, 0.2) is 12.7 Å². The van der Waals surface area contributed by atoms with Crippen molar-refractivity contribution in [2.75, 3.05) is 0 Å². The normalized spacial score (nSPS) is 21.7. The number of benzene rings is 1. The minimum absolute atomic E-state index is 0.430. The lowest BCUT2D eigenvalue weighted by molar-refractivity contribution is -0.752. The Morgan fingerprint density at radius 2 is 1.84 bits per heavy atom. The Morgan fingerprint density at radius 3 is 2.74 bits per heavy atom. The highest BCUT2D eigenvalue weighted by atomic mass is 15.4. The van der Waals surface area contributed by atoms with E-state index in [1.54, 1.807) is 11.3 Å². The molecular weight excluding hydrogens is 232 g/mol. The van der Waals surface area contributed by atoms with Gasteiger partial charge in [0.05, 0.1) is 5.69 Å². The van der Waals surface area contributed by atoms with Crippen LogP contribution in [0.15, 0.2) is 30.5 Å². The van der Waals surface area contributed by atoms with Crippen molar-refractivity contribution in [2.24, 2.45) is 0 Å². The molecular formula is C17H19N2+. The zero-order valence-corrected chi connectivity index (χ0v) is 11.2. The molecule has 1 aromatic carbocycles. The molecule has 1 saturated carbocycles. The first-order valence-electron chi connectivity index (χ1n) is 7.61. The summed E-state index contributed by atoms with van der Waals surface area (Å²) >= 11 is 0. The molecule has 5 rings (SSSR count). The third-order valence-electron chi connectivity index (χ3n) is 5.52. The quantitative estimate of drug-likeness (QED) is 0.543. The Labute approximate surface area is 113 Å². The van der Waals surface area contributed by atoms with Crippen molar-refractivity contribution in [1.29, 1.82) is 0 Å². The van der Waals surface area contributed by atoms with Gasteiger partial charge in [0.25, 0.3) is 0 Å². The summed E-state index contributed by atoms with van der Waals surface area (Å²) in [5, 5.41) is 0. The van der Waals surface area contributed by atoms with Crippen LogP contribution in [0.2, 0.25) is 0 Å². The standard InChI is InChI=1S/C17H19N2/c1-2-8-17(9-3-1)11-13-5-4-6-14-12-18-10-7-15(17)19(18)16(13)14/h4-7,10H,1-3,8-9,11-12H2/q+1. The molecule has 0 amide bonds. The van der Waals surface area contributed by atoms with Crippen molar-refractivity contribution in [3.05, 3.63) is 47.3 Å². The summed E-state index contributed by atoms with van der Waals surface area (Å²) in [6, 6.07) is 9.29. The van der Waals surface area contributed by atoms with Crippen LogP contribution in [0.25, 0.3) is 5.69 Å². The lowest BCUT2D eigenvalue weighted by atomic mass is 9.66. The SMILES string of the molecule is c1cc2c3c(c1)CC1(CCCCC1)c1cc[n+](n1-3)C2. The summed E-state index contributed by atoms with van der Waals surface area (Å²) in [6.07, 6.45) is 10.5. The minimum Gasteiger partial charge on any atom is -0.124 e. The maximum absolute atomic E-state index is 2.53. The van der Waals surface area contributed by atoms with Crippen molar-refractivity contribution in [2.45, 2.75) is 50.5 Å². The monoisotopic (exact) mass is 251 g/mol. The summed E-state index contributed by atoms with van der Waals surface area (Å²) in [6.45, 7) is 1.05. The first-order chi connectivity index (χ1) is 9.37. The molecule has 0 atom stereocenters. The molecule has 0 N–H and O–H groups in total. The third-order valence-corrected chi connectivity index (χ3v) is 5.52. The molecule has 0 radical (unpaired) electrons. The molecule has 3 aliphatic rings. The molecule has 1 aliphatic carbocycles. The Bertz CT molecular complexity index is 675. The lowest BCUT2D eigenvalue weighted by Gasteiger charge is -2.39. The van der Waals surface area contributed by atoms with Crippen LogP contribution in [0.5, 0.6) is 0 Å². The second kappa shape index (κ2) is 3.30. The lowest BCUT2D eigenvalue weighted by Crippen LogP contribution is -2.44. The van der Waals surface area contributed by atoms with Gasteiger partial charge < -0.3 is 0 Å². The van der Waals surface area contributed by atoms with Crippen LogP contribution in [-0.2, 0) is 18.4 Å². The Kier molecular flexibility index (Phi) is 1.78. The molecule has 1 spiro atoms. The van der Waals surface area contributed by atoms with Crippen LogP contribution in [0.4, 0.5) is 0 Å². The number of hydrogen-bond acceptors (Lipinski definition) is 0. The predicted octanol–water partition coefficient (Wildman–Crippen LogP) is 2.88. The van der Waals surface area contributed by atoms with Crippen LogP contribution in [0.3, 0.4) is 0 Å².